The Labute approximate surface area is 223 Å². The molecule has 0 unspecified atom stereocenters. The Kier molecular flexibility index (Phi) is 9.88. The fourth-order valence-electron chi connectivity index (χ4n) is 3.05. The van der Waals surface area contributed by atoms with E-state index in [4.69, 9.17) is 32.7 Å². The molecule has 0 saturated heterocycles. The first kappa shape index (κ1) is 27.5. The van der Waals surface area contributed by atoms with Gasteiger partial charge in [0.1, 0.15) is 0 Å². The van der Waals surface area contributed by atoms with Gasteiger partial charge in [0.2, 0.25) is 0 Å². The lowest BCUT2D eigenvalue weighted by atomic mass is 10.2. The summed E-state index contributed by atoms with van der Waals surface area (Å²) >= 11 is 11.9. The van der Waals surface area contributed by atoms with Crippen molar-refractivity contribution < 1.29 is 23.9 Å². The molecule has 0 radical (unpaired) electrons. The van der Waals surface area contributed by atoms with Crippen molar-refractivity contribution in [2.75, 3.05) is 23.8 Å². The number of nitrogens with one attached hydrogen (secondary N) is 3. The number of hydrazone groups is 1. The first-order valence-electron chi connectivity index (χ1n) is 11.1. The van der Waals surface area contributed by atoms with E-state index in [0.29, 0.717) is 29.4 Å². The number of benzene rings is 3. The topological polar surface area (TPSA) is 118 Å². The summed E-state index contributed by atoms with van der Waals surface area (Å²) in [7, 11) is 0. The zero-order valence-corrected chi connectivity index (χ0v) is 21.5. The normalized spacial score (nSPS) is 10.6. The summed E-state index contributed by atoms with van der Waals surface area (Å²) in [6.07, 6.45) is 1.33. The number of aryl methyl sites for hydroxylation is 1. The third-order valence-corrected chi connectivity index (χ3v) is 5.53. The van der Waals surface area contributed by atoms with Gasteiger partial charge < -0.3 is 20.1 Å². The molecule has 37 heavy (non-hydrogen) atoms. The van der Waals surface area contributed by atoms with Gasteiger partial charge >= 0.3 is 11.8 Å². The highest BCUT2D eigenvalue weighted by atomic mass is 35.5. The standard InChI is InChI=1S/C26H24Cl2N4O5/c1-3-36-22-13-17(10-11-21(22)37-15-23(33)30-18-7-4-6-16(2)12-18)14-29-32-26(35)25(34)31-20-9-5-8-19(27)24(20)28/h4-14H,3,15H2,1-2H3,(H,30,33)(H,31,34)(H,32,35)/b29-14-. The smallest absolute Gasteiger partial charge is 0.329 e. The number of ether oxygens (including phenoxy) is 2. The van der Waals surface area contributed by atoms with Crippen LogP contribution in [0.3, 0.4) is 0 Å². The molecule has 0 aliphatic carbocycles. The van der Waals surface area contributed by atoms with E-state index in [9.17, 15) is 14.4 Å². The Morgan fingerprint density at radius 1 is 0.919 bits per heavy atom. The Bertz CT molecular complexity index is 1330. The third-order valence-electron chi connectivity index (χ3n) is 4.71. The maximum Gasteiger partial charge on any atom is 0.329 e. The van der Waals surface area contributed by atoms with E-state index >= 15 is 0 Å². The van der Waals surface area contributed by atoms with Gasteiger partial charge in [-0.05, 0) is 67.4 Å². The minimum Gasteiger partial charge on any atom is -0.490 e. The molecule has 3 amide bonds. The molecule has 192 valence electrons. The molecule has 0 bridgehead atoms. The molecule has 3 N–H and O–H groups in total. The van der Waals surface area contributed by atoms with E-state index in [1.54, 1.807) is 43.3 Å². The average molecular weight is 543 g/mol. The van der Waals surface area contributed by atoms with Gasteiger partial charge in [0.05, 0.1) is 28.6 Å². The number of nitrogens with zero attached hydrogens (tertiary/aromatic N) is 1. The summed E-state index contributed by atoms with van der Waals surface area (Å²) in [5, 5.41) is 9.29. The van der Waals surface area contributed by atoms with Crippen molar-refractivity contribution in [2.24, 2.45) is 5.10 Å². The molecule has 3 aromatic rings. The van der Waals surface area contributed by atoms with Gasteiger partial charge in [-0.3, -0.25) is 14.4 Å². The second-order valence-electron chi connectivity index (χ2n) is 7.60. The second kappa shape index (κ2) is 13.3. The third kappa shape index (κ3) is 8.23. The first-order valence-corrected chi connectivity index (χ1v) is 11.9. The number of anilines is 2. The summed E-state index contributed by atoms with van der Waals surface area (Å²) in [6.45, 7) is 3.88. The predicted octanol–water partition coefficient (Wildman–Crippen LogP) is 4.81. The summed E-state index contributed by atoms with van der Waals surface area (Å²) in [6, 6.07) is 17.0. The lowest BCUT2D eigenvalue weighted by Gasteiger charge is -2.13. The van der Waals surface area contributed by atoms with Crippen molar-refractivity contribution >= 4 is 58.5 Å². The van der Waals surface area contributed by atoms with E-state index in [2.05, 4.69) is 21.2 Å². The molecule has 0 atom stereocenters. The van der Waals surface area contributed by atoms with Crippen LogP contribution < -0.4 is 25.5 Å². The molecule has 9 nitrogen and oxygen atoms in total. The Hall–Kier alpha value is -4.08. The zero-order valence-electron chi connectivity index (χ0n) is 20.0. The van der Waals surface area contributed by atoms with Crippen LogP contribution >= 0.6 is 23.2 Å². The number of carbonyl (C=O) groups is 3. The van der Waals surface area contributed by atoms with Crippen molar-refractivity contribution in [3.8, 4) is 11.5 Å². The van der Waals surface area contributed by atoms with Crippen molar-refractivity contribution in [3.05, 3.63) is 81.8 Å². The van der Waals surface area contributed by atoms with Crippen LogP contribution in [0.2, 0.25) is 10.0 Å². The molecule has 0 fully saturated rings. The highest BCUT2D eigenvalue weighted by Gasteiger charge is 2.15. The molecule has 0 heterocycles. The van der Waals surface area contributed by atoms with Crippen LogP contribution in [0, 0.1) is 6.92 Å². The Balaban J connectivity index is 1.57. The molecule has 0 spiro atoms. The average Bonchev–Trinajstić information content (AvgIpc) is 2.86. The zero-order chi connectivity index (χ0) is 26.8. The van der Waals surface area contributed by atoms with Crippen molar-refractivity contribution in [2.45, 2.75) is 13.8 Å². The number of amides is 3. The van der Waals surface area contributed by atoms with Crippen LogP contribution in [0.4, 0.5) is 11.4 Å². The van der Waals surface area contributed by atoms with Crippen molar-refractivity contribution in [3.63, 3.8) is 0 Å². The summed E-state index contributed by atoms with van der Waals surface area (Å²) in [5.74, 6) is -1.55. The van der Waals surface area contributed by atoms with Gasteiger partial charge in [0.15, 0.2) is 18.1 Å². The van der Waals surface area contributed by atoms with E-state index in [-0.39, 0.29) is 28.2 Å². The lowest BCUT2D eigenvalue weighted by Crippen LogP contribution is -2.32. The van der Waals surface area contributed by atoms with Gasteiger partial charge in [0.25, 0.3) is 5.91 Å². The van der Waals surface area contributed by atoms with E-state index in [1.807, 2.05) is 25.1 Å². The first-order chi connectivity index (χ1) is 17.8. The summed E-state index contributed by atoms with van der Waals surface area (Å²) in [4.78, 5) is 36.4. The molecular formula is C26H24Cl2N4O5. The maximum atomic E-state index is 12.3. The van der Waals surface area contributed by atoms with Crippen molar-refractivity contribution in [1.82, 2.24) is 5.43 Å². The molecule has 0 aromatic heterocycles. The van der Waals surface area contributed by atoms with Gasteiger partial charge in [-0.2, -0.15) is 5.10 Å². The number of halogens is 2. The quantitative estimate of drug-likeness (QED) is 0.204. The number of hydrogen-bond acceptors (Lipinski definition) is 6. The SMILES string of the molecule is CCOc1cc(/C=N\NC(=O)C(=O)Nc2cccc(Cl)c2Cl)ccc1OCC(=O)Nc1cccc(C)c1. The van der Waals surface area contributed by atoms with Gasteiger partial charge in [0, 0.05) is 5.69 Å². The largest absolute Gasteiger partial charge is 0.490 e. The highest BCUT2D eigenvalue weighted by Crippen LogP contribution is 2.30. The lowest BCUT2D eigenvalue weighted by molar-refractivity contribution is -0.136. The fourth-order valence-corrected chi connectivity index (χ4v) is 3.40. The molecule has 0 aliphatic heterocycles. The van der Waals surface area contributed by atoms with Crippen LogP contribution in [-0.4, -0.2) is 37.1 Å². The highest BCUT2D eigenvalue weighted by molar-refractivity contribution is 6.45. The van der Waals surface area contributed by atoms with Crippen LogP contribution in [0.5, 0.6) is 11.5 Å². The van der Waals surface area contributed by atoms with Gasteiger partial charge in [-0.15, -0.1) is 0 Å². The maximum absolute atomic E-state index is 12.3. The molecular weight excluding hydrogens is 519 g/mol. The van der Waals surface area contributed by atoms with Crippen LogP contribution in [0.25, 0.3) is 0 Å². The molecule has 0 saturated carbocycles. The molecule has 11 heteroatoms. The van der Waals surface area contributed by atoms with Crippen LogP contribution in [0.1, 0.15) is 18.1 Å². The molecule has 3 rings (SSSR count). The second-order valence-corrected chi connectivity index (χ2v) is 8.39. The molecule has 3 aromatic carbocycles. The minimum absolute atomic E-state index is 0.118. The number of hydrogen-bond donors (Lipinski definition) is 3. The predicted molar refractivity (Wildman–Crippen MR) is 144 cm³/mol. The number of rotatable bonds is 9. The van der Waals surface area contributed by atoms with E-state index in [1.165, 1.54) is 12.3 Å². The van der Waals surface area contributed by atoms with Gasteiger partial charge in [-0.25, -0.2) is 5.43 Å². The van der Waals surface area contributed by atoms with Crippen molar-refractivity contribution in [1.29, 1.82) is 0 Å². The molecule has 0 aliphatic rings. The van der Waals surface area contributed by atoms with E-state index < -0.39 is 11.8 Å². The van der Waals surface area contributed by atoms with Crippen LogP contribution in [-0.2, 0) is 14.4 Å². The van der Waals surface area contributed by atoms with E-state index in [0.717, 1.165) is 5.56 Å². The Morgan fingerprint density at radius 3 is 2.46 bits per heavy atom. The Morgan fingerprint density at radius 2 is 1.70 bits per heavy atom. The minimum atomic E-state index is -1.00. The van der Waals surface area contributed by atoms with Crippen LogP contribution in [0.15, 0.2) is 65.8 Å². The summed E-state index contributed by atoms with van der Waals surface area (Å²) in [5.41, 5.74) is 4.59. The fraction of sp³-hybridized carbons (Fsp3) is 0.154. The number of carbonyl (C=O) groups excluding carboxylic acids is 3. The van der Waals surface area contributed by atoms with Gasteiger partial charge in [-0.1, -0.05) is 41.4 Å². The summed E-state index contributed by atoms with van der Waals surface area (Å²) < 4.78 is 11.2. The monoisotopic (exact) mass is 542 g/mol.